The maximum absolute atomic E-state index is 13.5. The Morgan fingerprint density at radius 1 is 0.822 bits per heavy atom. The molecule has 1 amide bonds. The minimum absolute atomic E-state index is 0.0373. The van der Waals surface area contributed by atoms with Crippen molar-refractivity contribution >= 4 is 33.8 Å². The zero-order valence-corrected chi connectivity index (χ0v) is 25.6. The maximum atomic E-state index is 13.5. The van der Waals surface area contributed by atoms with Crippen LogP contribution in [0.5, 0.6) is 11.5 Å². The van der Waals surface area contributed by atoms with E-state index in [1.807, 2.05) is 99.6 Å². The van der Waals surface area contributed by atoms with E-state index in [9.17, 15) is 14.4 Å². The molecule has 1 heterocycles. The van der Waals surface area contributed by atoms with Crippen LogP contribution in [0.15, 0.2) is 100 Å². The Hall–Kier alpha value is -5.31. The predicted octanol–water partition coefficient (Wildman–Crippen LogP) is 6.71. The maximum Gasteiger partial charge on any atom is 0.408 e. The molecule has 0 saturated heterocycles. The molecule has 0 radical (unpaired) electrons. The van der Waals surface area contributed by atoms with Crippen molar-refractivity contribution in [3.05, 3.63) is 118 Å². The summed E-state index contributed by atoms with van der Waals surface area (Å²) >= 11 is 0. The van der Waals surface area contributed by atoms with Gasteiger partial charge < -0.3 is 28.7 Å². The molecule has 9 nitrogen and oxygen atoms in total. The lowest BCUT2D eigenvalue weighted by atomic mass is 10.0. The summed E-state index contributed by atoms with van der Waals surface area (Å²) in [5.74, 6) is 0.612. The van der Waals surface area contributed by atoms with Crippen molar-refractivity contribution in [3.8, 4) is 11.5 Å². The van der Waals surface area contributed by atoms with Crippen molar-refractivity contribution in [2.75, 3.05) is 7.11 Å². The van der Waals surface area contributed by atoms with Crippen LogP contribution >= 0.6 is 0 Å². The number of methoxy groups -OCH3 is 1. The lowest BCUT2D eigenvalue weighted by Gasteiger charge is -2.22. The van der Waals surface area contributed by atoms with Crippen molar-refractivity contribution in [1.82, 2.24) is 5.32 Å². The average Bonchev–Trinajstić information content (AvgIpc) is 3.02. The fraction of sp³-hybridized carbons (Fsp3) is 0.250. The van der Waals surface area contributed by atoms with Crippen LogP contribution in [0.4, 0.5) is 4.79 Å². The minimum Gasteiger partial charge on any atom is -0.497 e. The average molecular weight is 610 g/mol. The molecule has 0 aliphatic rings. The van der Waals surface area contributed by atoms with Gasteiger partial charge in [0, 0.05) is 23.4 Å². The molecule has 5 rings (SSSR count). The molecule has 0 bridgehead atoms. The van der Waals surface area contributed by atoms with Crippen LogP contribution in [0, 0.1) is 0 Å². The van der Waals surface area contributed by atoms with E-state index in [-0.39, 0.29) is 25.2 Å². The predicted molar refractivity (Wildman–Crippen MR) is 170 cm³/mol. The largest absolute Gasteiger partial charge is 0.497 e. The Morgan fingerprint density at radius 3 is 2.24 bits per heavy atom. The molecule has 4 aromatic carbocycles. The topological polar surface area (TPSA) is 113 Å². The van der Waals surface area contributed by atoms with E-state index in [2.05, 4.69) is 5.32 Å². The summed E-state index contributed by atoms with van der Waals surface area (Å²) in [7, 11) is 1.57. The summed E-state index contributed by atoms with van der Waals surface area (Å²) in [5, 5.41) is 4.95. The van der Waals surface area contributed by atoms with Crippen LogP contribution < -0.4 is 20.4 Å². The highest BCUT2D eigenvalue weighted by atomic mass is 16.6. The summed E-state index contributed by atoms with van der Waals surface area (Å²) in [6, 6.07) is 25.8. The number of fused-ring (bicyclic) bond motifs is 3. The molecular weight excluding hydrogens is 574 g/mol. The number of amides is 1. The number of carbonyl (C=O) groups excluding carboxylic acids is 2. The van der Waals surface area contributed by atoms with E-state index in [4.69, 9.17) is 23.4 Å². The molecule has 0 fully saturated rings. The Labute approximate surface area is 260 Å². The van der Waals surface area contributed by atoms with Crippen LogP contribution in [0.2, 0.25) is 0 Å². The smallest absolute Gasteiger partial charge is 0.408 e. The van der Waals surface area contributed by atoms with E-state index in [1.54, 1.807) is 13.2 Å². The third-order valence-electron chi connectivity index (χ3n) is 6.96. The highest BCUT2D eigenvalue weighted by Crippen LogP contribution is 2.31. The number of ether oxygens (including phenoxy) is 4. The molecule has 5 aromatic rings. The van der Waals surface area contributed by atoms with E-state index in [0.717, 1.165) is 21.9 Å². The van der Waals surface area contributed by atoms with Gasteiger partial charge in [0.15, 0.2) is 0 Å². The summed E-state index contributed by atoms with van der Waals surface area (Å²) in [5.41, 5.74) is 1.44. The molecule has 1 N–H and O–H groups in total. The fourth-order valence-corrected chi connectivity index (χ4v) is 4.92. The van der Waals surface area contributed by atoms with Crippen molar-refractivity contribution in [2.45, 2.75) is 52.0 Å². The second-order valence-corrected chi connectivity index (χ2v) is 11.5. The molecular formula is C36H35NO8. The van der Waals surface area contributed by atoms with Gasteiger partial charge in [0.2, 0.25) is 0 Å². The number of benzene rings is 4. The van der Waals surface area contributed by atoms with Crippen molar-refractivity contribution in [3.63, 3.8) is 0 Å². The summed E-state index contributed by atoms with van der Waals surface area (Å²) in [6.45, 7) is 5.67. The monoisotopic (exact) mass is 609 g/mol. The van der Waals surface area contributed by atoms with Crippen LogP contribution in [-0.4, -0.2) is 30.8 Å². The van der Waals surface area contributed by atoms with Crippen LogP contribution in [0.3, 0.4) is 0 Å². The Bertz CT molecular complexity index is 1860. The first kappa shape index (κ1) is 31.1. The van der Waals surface area contributed by atoms with Gasteiger partial charge in [-0.2, -0.15) is 0 Å². The summed E-state index contributed by atoms with van der Waals surface area (Å²) < 4.78 is 27.9. The molecule has 0 saturated carbocycles. The Balaban J connectivity index is 1.38. The fourth-order valence-electron chi connectivity index (χ4n) is 4.92. The number of alkyl carbamates (subject to hydrolysis) is 1. The van der Waals surface area contributed by atoms with E-state index < -0.39 is 23.7 Å². The third kappa shape index (κ3) is 8.20. The van der Waals surface area contributed by atoms with Gasteiger partial charge in [0.05, 0.1) is 7.11 Å². The van der Waals surface area contributed by atoms with Gasteiger partial charge in [-0.05, 0) is 73.0 Å². The molecule has 45 heavy (non-hydrogen) atoms. The molecule has 232 valence electrons. The van der Waals surface area contributed by atoms with Crippen molar-refractivity contribution < 1.29 is 33.0 Å². The molecule has 0 aliphatic carbocycles. The van der Waals surface area contributed by atoms with Gasteiger partial charge in [-0.25, -0.2) is 14.4 Å². The second-order valence-electron chi connectivity index (χ2n) is 11.5. The van der Waals surface area contributed by atoms with E-state index in [1.165, 1.54) is 6.07 Å². The number of hydrogen-bond donors (Lipinski definition) is 1. The van der Waals surface area contributed by atoms with Gasteiger partial charge in [-0.15, -0.1) is 0 Å². The normalized spacial score (nSPS) is 12.0. The first-order valence-electron chi connectivity index (χ1n) is 14.5. The van der Waals surface area contributed by atoms with Gasteiger partial charge in [-0.3, -0.25) is 0 Å². The van der Waals surface area contributed by atoms with E-state index in [0.29, 0.717) is 28.0 Å². The van der Waals surface area contributed by atoms with Crippen LogP contribution in [-0.2, 0) is 33.9 Å². The van der Waals surface area contributed by atoms with Crippen molar-refractivity contribution in [2.24, 2.45) is 0 Å². The molecule has 0 spiro atoms. The molecule has 9 heteroatoms. The number of nitrogens with one attached hydrogen (secondary N) is 1. The Kier molecular flexibility index (Phi) is 9.37. The molecule has 0 aliphatic heterocycles. The molecule has 1 aromatic heterocycles. The first-order valence-corrected chi connectivity index (χ1v) is 14.5. The number of rotatable bonds is 10. The quantitative estimate of drug-likeness (QED) is 0.106. The molecule has 0 unspecified atom stereocenters. The lowest BCUT2D eigenvalue weighted by Crippen LogP contribution is -2.43. The van der Waals surface area contributed by atoms with Gasteiger partial charge in [-0.1, -0.05) is 54.6 Å². The standard InChI is InChI=1S/C36H35NO8/c1-36(2,3)45-27-14-10-23(11-15-27)18-30(37-35(40)43-21-24-8-6-5-7-9-24)34(39)42-22-26-19-32(38)44-31-17-13-25-12-16-28(41-4)20-29(25)33(26)31/h5-17,19-20,30H,18,21-22H2,1-4H3,(H,37,40)/t30-/m0/s1. The molecule has 1 atom stereocenters. The van der Waals surface area contributed by atoms with Crippen molar-refractivity contribution in [1.29, 1.82) is 0 Å². The lowest BCUT2D eigenvalue weighted by molar-refractivity contribution is -0.147. The number of carbonyl (C=O) groups is 2. The number of hydrogen-bond acceptors (Lipinski definition) is 8. The van der Waals surface area contributed by atoms with Crippen LogP contribution in [0.1, 0.15) is 37.5 Å². The second kappa shape index (κ2) is 13.5. The van der Waals surface area contributed by atoms with Gasteiger partial charge in [0.25, 0.3) is 0 Å². The SMILES string of the molecule is COc1ccc2ccc3oc(=O)cc(COC(=O)[C@H](Cc4ccc(OC(C)(C)C)cc4)NC(=O)OCc4ccccc4)c3c2c1. The van der Waals surface area contributed by atoms with E-state index >= 15 is 0 Å². The zero-order valence-electron chi connectivity index (χ0n) is 25.6. The van der Waals surface area contributed by atoms with Gasteiger partial charge in [0.1, 0.15) is 41.9 Å². The highest BCUT2D eigenvalue weighted by molar-refractivity contribution is 6.07. The summed E-state index contributed by atoms with van der Waals surface area (Å²) in [6.07, 6.45) is -0.634. The third-order valence-corrected chi connectivity index (χ3v) is 6.96. The highest BCUT2D eigenvalue weighted by Gasteiger charge is 2.25. The summed E-state index contributed by atoms with van der Waals surface area (Å²) in [4.78, 5) is 38.8. The Morgan fingerprint density at radius 2 is 1.53 bits per heavy atom. The van der Waals surface area contributed by atoms with Crippen LogP contribution in [0.25, 0.3) is 21.7 Å². The first-order chi connectivity index (χ1) is 21.6. The zero-order chi connectivity index (χ0) is 32.0. The minimum atomic E-state index is -1.08. The number of esters is 1. The van der Waals surface area contributed by atoms with Gasteiger partial charge >= 0.3 is 17.7 Å².